The summed E-state index contributed by atoms with van der Waals surface area (Å²) in [4.78, 5) is 35.6. The summed E-state index contributed by atoms with van der Waals surface area (Å²) in [5.41, 5.74) is 1.91. The fourth-order valence-electron chi connectivity index (χ4n) is 3.94. The van der Waals surface area contributed by atoms with E-state index in [-0.39, 0.29) is 11.5 Å². The second kappa shape index (κ2) is 8.51. The highest BCUT2D eigenvalue weighted by Gasteiger charge is 2.32. The minimum atomic E-state index is -0.155. The van der Waals surface area contributed by atoms with E-state index in [1.165, 1.54) is 11.8 Å². The van der Waals surface area contributed by atoms with Crippen molar-refractivity contribution in [1.29, 1.82) is 0 Å². The lowest BCUT2D eigenvalue weighted by Gasteiger charge is -2.32. The number of carbonyl (C=O) groups is 1. The van der Waals surface area contributed by atoms with Gasteiger partial charge in [0.2, 0.25) is 0 Å². The van der Waals surface area contributed by atoms with Crippen LogP contribution >= 0.6 is 24.0 Å². The van der Waals surface area contributed by atoms with Crippen LogP contribution < -0.4 is 10.5 Å². The molecule has 158 valence electrons. The van der Waals surface area contributed by atoms with Gasteiger partial charge in [-0.05, 0) is 49.8 Å². The van der Waals surface area contributed by atoms with Crippen LogP contribution in [0.15, 0.2) is 28.0 Å². The molecule has 0 atom stereocenters. The first kappa shape index (κ1) is 21.1. The van der Waals surface area contributed by atoms with Gasteiger partial charge in [-0.15, -0.1) is 0 Å². The predicted octanol–water partition coefficient (Wildman–Crippen LogP) is 3.85. The Kier molecular flexibility index (Phi) is 5.97. The van der Waals surface area contributed by atoms with Crippen molar-refractivity contribution in [3.63, 3.8) is 0 Å². The van der Waals surface area contributed by atoms with Gasteiger partial charge < -0.3 is 4.90 Å². The van der Waals surface area contributed by atoms with Gasteiger partial charge in [0.05, 0.1) is 10.5 Å². The molecule has 8 heteroatoms. The Bertz CT molecular complexity index is 1100. The number of amides is 1. The first-order valence-corrected chi connectivity index (χ1v) is 11.7. The van der Waals surface area contributed by atoms with Gasteiger partial charge >= 0.3 is 0 Å². The second-order valence-electron chi connectivity index (χ2n) is 8.04. The Balaban J connectivity index is 1.87. The maximum atomic E-state index is 13.5. The molecule has 0 radical (unpaired) electrons. The number of thioether (sulfide) groups is 1. The van der Waals surface area contributed by atoms with Crippen LogP contribution in [-0.4, -0.2) is 44.1 Å². The van der Waals surface area contributed by atoms with E-state index in [0.717, 1.165) is 37.9 Å². The number of pyridine rings is 1. The average Bonchev–Trinajstić information content (AvgIpc) is 2.99. The predicted molar refractivity (Wildman–Crippen MR) is 127 cm³/mol. The lowest BCUT2D eigenvalue weighted by atomic mass is 9.99. The van der Waals surface area contributed by atoms with Gasteiger partial charge in [0.15, 0.2) is 0 Å². The zero-order valence-corrected chi connectivity index (χ0v) is 19.2. The number of rotatable bonds is 4. The molecule has 6 nitrogen and oxygen atoms in total. The number of hydrogen-bond donors (Lipinski definition) is 0. The first-order chi connectivity index (χ1) is 14.4. The quantitative estimate of drug-likeness (QED) is 0.530. The molecule has 4 rings (SSSR count). The molecular weight excluding hydrogens is 416 g/mol. The van der Waals surface area contributed by atoms with Crippen molar-refractivity contribution < 1.29 is 4.79 Å². The molecule has 30 heavy (non-hydrogen) atoms. The van der Waals surface area contributed by atoms with Crippen LogP contribution in [0.25, 0.3) is 11.7 Å². The molecule has 0 N–H and O–H groups in total. The third-order valence-electron chi connectivity index (χ3n) is 5.74. The van der Waals surface area contributed by atoms with Crippen molar-refractivity contribution in [2.75, 3.05) is 24.5 Å². The molecule has 4 heterocycles. The number of hydrogen-bond acceptors (Lipinski definition) is 6. The minimum absolute atomic E-state index is 0.126. The van der Waals surface area contributed by atoms with Crippen molar-refractivity contribution in [1.82, 2.24) is 14.3 Å². The highest BCUT2D eigenvalue weighted by atomic mass is 32.2. The Morgan fingerprint density at radius 1 is 1.30 bits per heavy atom. The van der Waals surface area contributed by atoms with Gasteiger partial charge in [0.25, 0.3) is 11.5 Å². The number of aryl methyl sites for hydroxylation is 1. The largest absolute Gasteiger partial charge is 0.356 e. The SMILES string of the molecule is CCCN1C(=O)/C(=C\c2c(N3CCC(C)CC3)nc3c(C)cccn3c2=O)SC1=S. The maximum Gasteiger partial charge on any atom is 0.267 e. The number of anilines is 1. The molecule has 2 fully saturated rings. The van der Waals surface area contributed by atoms with Crippen LogP contribution in [0.2, 0.25) is 0 Å². The number of carbonyl (C=O) groups excluding carboxylic acids is 1. The lowest BCUT2D eigenvalue weighted by molar-refractivity contribution is -0.122. The van der Waals surface area contributed by atoms with E-state index in [9.17, 15) is 9.59 Å². The molecule has 0 unspecified atom stereocenters. The number of fused-ring (bicyclic) bond motifs is 1. The van der Waals surface area contributed by atoms with E-state index >= 15 is 0 Å². The van der Waals surface area contributed by atoms with Crippen LogP contribution in [0, 0.1) is 12.8 Å². The standard InChI is InChI=1S/C22H26N4O2S2/c1-4-9-26-21(28)17(30-22(26)29)13-16-19(24-11-7-14(2)8-12-24)23-18-15(3)6-5-10-25(18)20(16)27/h5-6,10,13-14H,4,7-9,11-12H2,1-3H3/b17-13+. The molecule has 2 aromatic heterocycles. The van der Waals surface area contributed by atoms with E-state index < -0.39 is 0 Å². The number of piperidine rings is 1. The Morgan fingerprint density at radius 3 is 2.73 bits per heavy atom. The number of aromatic nitrogens is 2. The molecule has 2 aromatic rings. The highest BCUT2D eigenvalue weighted by molar-refractivity contribution is 8.26. The van der Waals surface area contributed by atoms with Crippen LogP contribution in [0.5, 0.6) is 0 Å². The summed E-state index contributed by atoms with van der Waals surface area (Å²) in [7, 11) is 0. The van der Waals surface area contributed by atoms with Crippen LogP contribution in [0.3, 0.4) is 0 Å². The van der Waals surface area contributed by atoms with Crippen molar-refractivity contribution in [3.05, 3.63) is 44.7 Å². The van der Waals surface area contributed by atoms with Gasteiger partial charge in [-0.25, -0.2) is 4.98 Å². The van der Waals surface area contributed by atoms with Crippen molar-refractivity contribution >= 4 is 51.7 Å². The van der Waals surface area contributed by atoms with Gasteiger partial charge in [-0.1, -0.05) is 43.9 Å². The molecule has 0 aliphatic carbocycles. The van der Waals surface area contributed by atoms with Gasteiger partial charge in [-0.2, -0.15) is 0 Å². The summed E-state index contributed by atoms with van der Waals surface area (Å²) < 4.78 is 2.12. The Hall–Kier alpha value is -2.19. The van der Waals surface area contributed by atoms with Gasteiger partial charge in [0.1, 0.15) is 15.8 Å². The summed E-state index contributed by atoms with van der Waals surface area (Å²) >= 11 is 6.66. The van der Waals surface area contributed by atoms with E-state index in [2.05, 4.69) is 11.8 Å². The summed E-state index contributed by atoms with van der Waals surface area (Å²) in [6.45, 7) is 8.52. The lowest BCUT2D eigenvalue weighted by Crippen LogP contribution is -2.36. The molecule has 2 saturated heterocycles. The molecule has 2 aliphatic rings. The monoisotopic (exact) mass is 442 g/mol. The van der Waals surface area contributed by atoms with Gasteiger partial charge in [0, 0.05) is 25.8 Å². The van der Waals surface area contributed by atoms with E-state index in [1.54, 1.807) is 21.6 Å². The van der Waals surface area contributed by atoms with E-state index in [0.29, 0.717) is 38.7 Å². The molecule has 2 aliphatic heterocycles. The first-order valence-electron chi connectivity index (χ1n) is 10.4. The van der Waals surface area contributed by atoms with E-state index in [4.69, 9.17) is 17.2 Å². The van der Waals surface area contributed by atoms with Gasteiger partial charge in [-0.3, -0.25) is 18.9 Å². The fourth-order valence-corrected chi connectivity index (χ4v) is 5.23. The normalized spacial score (nSPS) is 19.5. The summed E-state index contributed by atoms with van der Waals surface area (Å²) in [5, 5.41) is 0. The van der Waals surface area contributed by atoms with E-state index in [1.807, 2.05) is 26.0 Å². The molecule has 0 spiro atoms. The zero-order valence-electron chi connectivity index (χ0n) is 17.6. The minimum Gasteiger partial charge on any atom is -0.356 e. The summed E-state index contributed by atoms with van der Waals surface area (Å²) in [5.74, 6) is 1.21. The van der Waals surface area contributed by atoms with Crippen molar-refractivity contribution in [2.45, 2.75) is 40.0 Å². The maximum absolute atomic E-state index is 13.5. The summed E-state index contributed by atoms with van der Waals surface area (Å²) in [6, 6.07) is 3.80. The highest BCUT2D eigenvalue weighted by Crippen LogP contribution is 2.34. The topological polar surface area (TPSA) is 57.9 Å². The van der Waals surface area contributed by atoms with Crippen LogP contribution in [0.4, 0.5) is 5.82 Å². The molecule has 0 bridgehead atoms. The van der Waals surface area contributed by atoms with Crippen molar-refractivity contribution in [3.8, 4) is 0 Å². The van der Waals surface area contributed by atoms with Crippen LogP contribution in [0.1, 0.15) is 44.2 Å². The third-order valence-corrected chi connectivity index (χ3v) is 7.12. The Morgan fingerprint density at radius 2 is 2.03 bits per heavy atom. The Labute approximate surface area is 186 Å². The number of nitrogens with zero attached hydrogens (tertiary/aromatic N) is 4. The summed E-state index contributed by atoms with van der Waals surface area (Å²) in [6.07, 6.45) is 6.39. The fraction of sp³-hybridized carbons (Fsp3) is 0.455. The zero-order chi connectivity index (χ0) is 21.4. The number of thiocarbonyl (C=S) groups is 1. The molecule has 0 aromatic carbocycles. The molecular formula is C22H26N4O2S2. The van der Waals surface area contributed by atoms with Crippen LogP contribution in [-0.2, 0) is 4.79 Å². The smallest absolute Gasteiger partial charge is 0.267 e. The molecule has 0 saturated carbocycles. The van der Waals surface area contributed by atoms with Crippen molar-refractivity contribution in [2.24, 2.45) is 5.92 Å². The third kappa shape index (κ3) is 3.78. The second-order valence-corrected chi connectivity index (χ2v) is 9.72. The molecule has 1 amide bonds. The average molecular weight is 443 g/mol.